The maximum Gasteiger partial charge on any atom is 0.197 e. The minimum atomic E-state index is 0.692. The van der Waals surface area contributed by atoms with Crippen LogP contribution in [0.25, 0.3) is 10.4 Å². The van der Waals surface area contributed by atoms with E-state index in [0.717, 1.165) is 16.1 Å². The summed E-state index contributed by atoms with van der Waals surface area (Å²) in [6, 6.07) is 5.78. The minimum Gasteiger partial charge on any atom is -0.493 e. The smallest absolute Gasteiger partial charge is 0.197 e. The lowest BCUT2D eigenvalue weighted by Crippen LogP contribution is -2.05. The SMILES string of the molecule is COc1ccc(-c2sc(NN)nc2C)cc1OC. The molecule has 96 valence electrons. The van der Waals surface area contributed by atoms with E-state index < -0.39 is 0 Å². The fourth-order valence-corrected chi connectivity index (χ4v) is 2.58. The molecule has 0 amide bonds. The second-order valence-corrected chi connectivity index (χ2v) is 4.65. The Balaban J connectivity index is 2.47. The van der Waals surface area contributed by atoms with Crippen LogP contribution in [0, 0.1) is 6.92 Å². The zero-order valence-electron chi connectivity index (χ0n) is 10.5. The molecule has 2 rings (SSSR count). The third-order valence-electron chi connectivity index (χ3n) is 2.57. The van der Waals surface area contributed by atoms with Crippen LogP contribution in [-0.2, 0) is 0 Å². The van der Waals surface area contributed by atoms with E-state index in [9.17, 15) is 0 Å². The normalized spacial score (nSPS) is 10.2. The highest BCUT2D eigenvalue weighted by atomic mass is 32.1. The van der Waals surface area contributed by atoms with Gasteiger partial charge in [-0.25, -0.2) is 10.8 Å². The van der Waals surface area contributed by atoms with Crippen LogP contribution in [0.15, 0.2) is 18.2 Å². The molecule has 0 aliphatic rings. The average Bonchev–Trinajstić information content (AvgIpc) is 2.79. The van der Waals surface area contributed by atoms with Gasteiger partial charge < -0.3 is 9.47 Å². The standard InChI is InChI=1S/C12H15N3O2S/c1-7-11(18-12(14-7)15-13)8-4-5-9(16-2)10(6-8)17-3/h4-6H,13H2,1-3H3,(H,14,15). The van der Waals surface area contributed by atoms with E-state index >= 15 is 0 Å². The van der Waals surface area contributed by atoms with E-state index in [1.807, 2.05) is 25.1 Å². The number of nitrogen functional groups attached to an aromatic ring is 1. The largest absolute Gasteiger partial charge is 0.493 e. The van der Waals surface area contributed by atoms with E-state index in [1.54, 1.807) is 14.2 Å². The zero-order valence-corrected chi connectivity index (χ0v) is 11.3. The van der Waals surface area contributed by atoms with Crippen molar-refractivity contribution < 1.29 is 9.47 Å². The first kappa shape index (κ1) is 12.7. The van der Waals surface area contributed by atoms with Crippen molar-refractivity contribution in [3.8, 4) is 21.9 Å². The molecule has 0 fully saturated rings. The molecular formula is C12H15N3O2S. The molecule has 0 spiro atoms. The summed E-state index contributed by atoms with van der Waals surface area (Å²) < 4.78 is 10.5. The van der Waals surface area contributed by atoms with Gasteiger partial charge in [0.25, 0.3) is 0 Å². The summed E-state index contributed by atoms with van der Waals surface area (Å²) >= 11 is 1.50. The van der Waals surface area contributed by atoms with Crippen LogP contribution in [0.4, 0.5) is 5.13 Å². The van der Waals surface area contributed by atoms with Gasteiger partial charge in [-0.05, 0) is 30.7 Å². The van der Waals surface area contributed by atoms with E-state index in [0.29, 0.717) is 16.6 Å². The van der Waals surface area contributed by atoms with Gasteiger partial charge >= 0.3 is 0 Å². The molecule has 0 saturated heterocycles. The number of ether oxygens (including phenoxy) is 2. The lowest BCUT2D eigenvalue weighted by Gasteiger charge is -2.08. The van der Waals surface area contributed by atoms with Gasteiger partial charge in [-0.2, -0.15) is 0 Å². The highest BCUT2D eigenvalue weighted by molar-refractivity contribution is 7.19. The Kier molecular flexibility index (Phi) is 3.69. The maximum atomic E-state index is 5.37. The molecule has 0 saturated carbocycles. The molecule has 0 bridgehead atoms. The summed E-state index contributed by atoms with van der Waals surface area (Å²) in [7, 11) is 3.24. The van der Waals surface area contributed by atoms with Crippen LogP contribution in [0.2, 0.25) is 0 Å². The van der Waals surface area contributed by atoms with Crippen molar-refractivity contribution in [3.63, 3.8) is 0 Å². The van der Waals surface area contributed by atoms with Crippen molar-refractivity contribution in [1.29, 1.82) is 0 Å². The number of hydrogen-bond donors (Lipinski definition) is 2. The second kappa shape index (κ2) is 5.24. The van der Waals surface area contributed by atoms with Gasteiger partial charge in [0.05, 0.1) is 24.8 Å². The average molecular weight is 265 g/mol. The third kappa shape index (κ3) is 2.25. The summed E-state index contributed by atoms with van der Waals surface area (Å²) in [5.41, 5.74) is 4.52. The maximum absolute atomic E-state index is 5.37. The highest BCUT2D eigenvalue weighted by Crippen LogP contribution is 2.37. The first-order chi connectivity index (χ1) is 8.69. The quantitative estimate of drug-likeness (QED) is 0.656. The Hall–Kier alpha value is -1.79. The molecule has 6 heteroatoms. The predicted molar refractivity (Wildman–Crippen MR) is 73.2 cm³/mol. The van der Waals surface area contributed by atoms with Gasteiger partial charge in [0, 0.05) is 0 Å². The highest BCUT2D eigenvalue weighted by Gasteiger charge is 2.12. The zero-order chi connectivity index (χ0) is 13.1. The number of hydrogen-bond acceptors (Lipinski definition) is 6. The molecule has 0 radical (unpaired) electrons. The molecule has 2 aromatic rings. The van der Waals surface area contributed by atoms with E-state index in [1.165, 1.54) is 11.3 Å². The second-order valence-electron chi connectivity index (χ2n) is 3.65. The van der Waals surface area contributed by atoms with Gasteiger partial charge in [-0.15, -0.1) is 0 Å². The number of anilines is 1. The van der Waals surface area contributed by atoms with Crippen LogP contribution in [0.1, 0.15) is 5.69 Å². The Morgan fingerprint density at radius 3 is 2.50 bits per heavy atom. The van der Waals surface area contributed by atoms with Crippen LogP contribution in [-0.4, -0.2) is 19.2 Å². The van der Waals surface area contributed by atoms with Gasteiger partial charge in [-0.3, -0.25) is 5.43 Å². The Morgan fingerprint density at radius 2 is 1.94 bits per heavy atom. The number of aryl methyl sites for hydroxylation is 1. The van der Waals surface area contributed by atoms with Crippen molar-refractivity contribution in [3.05, 3.63) is 23.9 Å². The van der Waals surface area contributed by atoms with Crippen molar-refractivity contribution in [2.45, 2.75) is 6.92 Å². The van der Waals surface area contributed by atoms with Crippen LogP contribution < -0.4 is 20.7 Å². The van der Waals surface area contributed by atoms with E-state index in [-0.39, 0.29) is 0 Å². The van der Waals surface area contributed by atoms with E-state index in [2.05, 4.69) is 10.4 Å². The molecular weight excluding hydrogens is 250 g/mol. The number of aromatic nitrogens is 1. The summed E-state index contributed by atoms with van der Waals surface area (Å²) in [6.07, 6.45) is 0. The fourth-order valence-electron chi connectivity index (χ4n) is 1.70. The van der Waals surface area contributed by atoms with Crippen LogP contribution >= 0.6 is 11.3 Å². The number of nitrogens with two attached hydrogens (primary N) is 1. The van der Waals surface area contributed by atoms with E-state index in [4.69, 9.17) is 15.3 Å². The topological polar surface area (TPSA) is 69.4 Å². The van der Waals surface area contributed by atoms with Gasteiger partial charge in [0.2, 0.25) is 0 Å². The third-order valence-corrected chi connectivity index (χ3v) is 3.70. The molecule has 0 unspecified atom stereocenters. The van der Waals surface area contributed by atoms with Crippen molar-refractivity contribution in [2.24, 2.45) is 5.84 Å². The van der Waals surface area contributed by atoms with Crippen LogP contribution in [0.3, 0.4) is 0 Å². The van der Waals surface area contributed by atoms with Crippen molar-refractivity contribution in [2.75, 3.05) is 19.6 Å². The van der Waals surface area contributed by atoms with Gasteiger partial charge in [0.15, 0.2) is 16.6 Å². The lowest BCUT2D eigenvalue weighted by atomic mass is 10.1. The molecule has 0 aliphatic heterocycles. The van der Waals surface area contributed by atoms with Crippen molar-refractivity contribution >= 4 is 16.5 Å². The minimum absolute atomic E-state index is 0.692. The molecule has 18 heavy (non-hydrogen) atoms. The first-order valence-corrected chi connectivity index (χ1v) is 6.17. The summed E-state index contributed by atoms with van der Waals surface area (Å²) in [6.45, 7) is 1.95. The Morgan fingerprint density at radius 1 is 1.22 bits per heavy atom. The van der Waals surface area contributed by atoms with Crippen molar-refractivity contribution in [1.82, 2.24) is 4.98 Å². The number of nitrogens with one attached hydrogen (secondary N) is 1. The van der Waals surface area contributed by atoms with Crippen LogP contribution in [0.5, 0.6) is 11.5 Å². The van der Waals surface area contributed by atoms with Gasteiger partial charge in [0.1, 0.15) is 0 Å². The first-order valence-electron chi connectivity index (χ1n) is 5.36. The number of rotatable bonds is 4. The molecule has 1 aromatic heterocycles. The Labute approximate surface area is 110 Å². The fraction of sp³-hybridized carbons (Fsp3) is 0.250. The summed E-state index contributed by atoms with van der Waals surface area (Å²) in [5.74, 6) is 6.77. The number of hydrazine groups is 1. The monoisotopic (exact) mass is 265 g/mol. The molecule has 1 aromatic carbocycles. The lowest BCUT2D eigenvalue weighted by molar-refractivity contribution is 0.355. The number of thiazole rings is 1. The van der Waals surface area contributed by atoms with Gasteiger partial charge in [-0.1, -0.05) is 11.3 Å². The molecule has 0 aliphatic carbocycles. The molecule has 3 N–H and O–H groups in total. The number of methoxy groups -OCH3 is 2. The predicted octanol–water partition coefficient (Wildman–Crippen LogP) is 2.42. The summed E-state index contributed by atoms with van der Waals surface area (Å²) in [5, 5.41) is 0.692. The number of nitrogens with zero attached hydrogens (tertiary/aromatic N) is 1. The molecule has 0 atom stereocenters. The molecule has 5 nitrogen and oxygen atoms in total. The summed E-state index contributed by atoms with van der Waals surface area (Å²) in [4.78, 5) is 5.37. The number of benzene rings is 1. The Bertz CT molecular complexity index is 554. The molecule has 1 heterocycles.